The monoisotopic (exact) mass is 100 g/mol. The fourth-order valence-electron chi connectivity index (χ4n) is 0.246. The summed E-state index contributed by atoms with van der Waals surface area (Å²) in [5.74, 6) is -0.222. The molecule has 0 fully saturated rings. The molecule has 0 bridgehead atoms. The Labute approximate surface area is 43.4 Å². The molecular formula is C6H9F. The molecule has 1 heteroatoms. The first-order chi connectivity index (χ1) is 3.18. The minimum absolute atomic E-state index is 0.222. The molecule has 0 radical (unpaired) electrons. The lowest BCUT2D eigenvalue weighted by atomic mass is 10.3. The highest BCUT2D eigenvalue weighted by molar-refractivity contribution is 5.17. The molecule has 0 aliphatic heterocycles. The molecule has 0 atom stereocenters. The highest BCUT2D eigenvalue weighted by atomic mass is 19.1. The van der Waals surface area contributed by atoms with Gasteiger partial charge in [-0.2, -0.15) is 0 Å². The lowest BCUT2D eigenvalue weighted by molar-refractivity contribution is 0.650. The summed E-state index contributed by atoms with van der Waals surface area (Å²) in [7, 11) is 0. The van der Waals surface area contributed by atoms with Gasteiger partial charge >= 0.3 is 0 Å². The fourth-order valence-corrected chi connectivity index (χ4v) is 0.246. The van der Waals surface area contributed by atoms with Gasteiger partial charge in [-0.05, 0) is 19.4 Å². The van der Waals surface area contributed by atoms with Crippen LogP contribution in [0.4, 0.5) is 4.39 Å². The van der Waals surface area contributed by atoms with Crippen LogP contribution in [0.3, 0.4) is 0 Å². The van der Waals surface area contributed by atoms with Crippen LogP contribution in [0.2, 0.25) is 0 Å². The van der Waals surface area contributed by atoms with Crippen molar-refractivity contribution in [3.8, 4) is 0 Å². The van der Waals surface area contributed by atoms with Gasteiger partial charge in [-0.3, -0.25) is 0 Å². The van der Waals surface area contributed by atoms with Gasteiger partial charge in [-0.25, -0.2) is 4.39 Å². The maximum absolute atomic E-state index is 12.0. The number of allylic oxidation sites excluding steroid dienone is 3. The maximum Gasteiger partial charge on any atom is 0.121 e. The van der Waals surface area contributed by atoms with Crippen molar-refractivity contribution in [1.82, 2.24) is 0 Å². The van der Waals surface area contributed by atoms with Crippen LogP contribution in [-0.4, -0.2) is 0 Å². The van der Waals surface area contributed by atoms with E-state index >= 15 is 0 Å². The largest absolute Gasteiger partial charge is 0.207 e. The van der Waals surface area contributed by atoms with E-state index < -0.39 is 0 Å². The number of hydrogen-bond donors (Lipinski definition) is 0. The Morgan fingerprint density at radius 3 is 2.14 bits per heavy atom. The summed E-state index contributed by atoms with van der Waals surface area (Å²) >= 11 is 0. The van der Waals surface area contributed by atoms with Crippen LogP contribution in [-0.2, 0) is 0 Å². The number of rotatable bonds is 1. The van der Waals surface area contributed by atoms with Crippen molar-refractivity contribution in [3.05, 3.63) is 24.1 Å². The van der Waals surface area contributed by atoms with Gasteiger partial charge in [0.15, 0.2) is 0 Å². The Morgan fingerprint density at radius 1 is 1.71 bits per heavy atom. The van der Waals surface area contributed by atoms with E-state index in [1.165, 1.54) is 6.08 Å². The molecule has 0 unspecified atom stereocenters. The van der Waals surface area contributed by atoms with Gasteiger partial charge in [0.25, 0.3) is 0 Å². The Morgan fingerprint density at radius 2 is 2.14 bits per heavy atom. The standard InChI is InChI=1S/C6H9F/c1-4-6(7)5(2)3/h4H,2H2,1,3H3/b6-4-. The van der Waals surface area contributed by atoms with Crippen molar-refractivity contribution in [1.29, 1.82) is 0 Å². The van der Waals surface area contributed by atoms with E-state index in [-0.39, 0.29) is 5.83 Å². The Hall–Kier alpha value is -0.590. The van der Waals surface area contributed by atoms with Crippen molar-refractivity contribution in [2.24, 2.45) is 0 Å². The topological polar surface area (TPSA) is 0 Å². The van der Waals surface area contributed by atoms with E-state index in [4.69, 9.17) is 0 Å². The Balaban J connectivity index is 3.82. The quantitative estimate of drug-likeness (QED) is 0.444. The minimum Gasteiger partial charge on any atom is -0.207 e. The SMILES string of the molecule is C=C(C)/C(F)=C/C. The molecule has 0 aromatic rings. The predicted molar refractivity (Wildman–Crippen MR) is 29.7 cm³/mol. The molecule has 0 nitrogen and oxygen atoms in total. The van der Waals surface area contributed by atoms with Crippen LogP contribution < -0.4 is 0 Å². The molecule has 0 aromatic heterocycles. The molecule has 7 heavy (non-hydrogen) atoms. The number of hydrogen-bond acceptors (Lipinski definition) is 0. The Kier molecular flexibility index (Phi) is 2.34. The zero-order valence-electron chi connectivity index (χ0n) is 4.66. The summed E-state index contributed by atoms with van der Waals surface area (Å²) in [5, 5.41) is 0. The van der Waals surface area contributed by atoms with Crippen LogP contribution in [0.15, 0.2) is 24.1 Å². The zero-order chi connectivity index (χ0) is 5.86. The second-order valence-electron chi connectivity index (χ2n) is 1.42. The molecule has 0 aliphatic rings. The molecule has 40 valence electrons. The molecule has 0 saturated carbocycles. The second kappa shape index (κ2) is 2.56. The lowest BCUT2D eigenvalue weighted by Gasteiger charge is -1.86. The van der Waals surface area contributed by atoms with Gasteiger partial charge in [0, 0.05) is 0 Å². The van der Waals surface area contributed by atoms with E-state index in [0.717, 1.165) is 0 Å². The predicted octanol–water partition coefficient (Wildman–Crippen LogP) is 2.44. The zero-order valence-corrected chi connectivity index (χ0v) is 4.66. The minimum atomic E-state index is -0.222. The third-order valence-electron chi connectivity index (χ3n) is 0.661. The highest BCUT2D eigenvalue weighted by Gasteiger charge is 1.87. The van der Waals surface area contributed by atoms with E-state index in [9.17, 15) is 4.39 Å². The average Bonchev–Trinajstić information content (AvgIpc) is 1.65. The van der Waals surface area contributed by atoms with Crippen LogP contribution in [0, 0.1) is 0 Å². The van der Waals surface area contributed by atoms with Crippen molar-refractivity contribution >= 4 is 0 Å². The van der Waals surface area contributed by atoms with Gasteiger partial charge in [0.1, 0.15) is 5.83 Å². The third kappa shape index (κ3) is 2.15. The molecule has 0 rings (SSSR count). The molecule has 0 saturated heterocycles. The van der Waals surface area contributed by atoms with E-state index in [0.29, 0.717) is 5.57 Å². The van der Waals surface area contributed by atoms with Crippen LogP contribution in [0.1, 0.15) is 13.8 Å². The first kappa shape index (κ1) is 6.41. The van der Waals surface area contributed by atoms with Crippen molar-refractivity contribution < 1.29 is 4.39 Å². The average molecular weight is 100 g/mol. The van der Waals surface area contributed by atoms with Crippen molar-refractivity contribution in [2.45, 2.75) is 13.8 Å². The summed E-state index contributed by atoms with van der Waals surface area (Å²) < 4.78 is 12.0. The summed E-state index contributed by atoms with van der Waals surface area (Å²) in [6, 6.07) is 0. The Bertz CT molecular complexity index is 101. The fraction of sp³-hybridized carbons (Fsp3) is 0.333. The molecule has 0 heterocycles. The van der Waals surface area contributed by atoms with Crippen LogP contribution >= 0.6 is 0 Å². The van der Waals surface area contributed by atoms with Gasteiger partial charge in [-0.15, -0.1) is 0 Å². The van der Waals surface area contributed by atoms with Crippen molar-refractivity contribution in [3.63, 3.8) is 0 Å². The smallest absolute Gasteiger partial charge is 0.121 e. The van der Waals surface area contributed by atoms with Crippen LogP contribution in [0.5, 0.6) is 0 Å². The summed E-state index contributed by atoms with van der Waals surface area (Å²) in [5.41, 5.74) is 0.488. The van der Waals surface area contributed by atoms with Crippen LogP contribution in [0.25, 0.3) is 0 Å². The number of halogens is 1. The first-order valence-corrected chi connectivity index (χ1v) is 2.16. The molecule has 0 N–H and O–H groups in total. The van der Waals surface area contributed by atoms with Gasteiger partial charge in [-0.1, -0.05) is 12.7 Å². The first-order valence-electron chi connectivity index (χ1n) is 2.16. The summed E-state index contributed by atoms with van der Waals surface area (Å²) in [4.78, 5) is 0. The molecule has 0 aromatic carbocycles. The van der Waals surface area contributed by atoms with Gasteiger partial charge in [0.05, 0.1) is 0 Å². The molecular weight excluding hydrogens is 91.1 g/mol. The molecule has 0 aliphatic carbocycles. The summed E-state index contributed by atoms with van der Waals surface area (Å²) in [6.45, 7) is 6.66. The second-order valence-corrected chi connectivity index (χ2v) is 1.42. The van der Waals surface area contributed by atoms with E-state index in [2.05, 4.69) is 6.58 Å². The summed E-state index contributed by atoms with van der Waals surface area (Å²) in [6.07, 6.45) is 1.39. The highest BCUT2D eigenvalue weighted by Crippen LogP contribution is 2.05. The molecule has 0 amide bonds. The molecule has 0 spiro atoms. The van der Waals surface area contributed by atoms with Crippen molar-refractivity contribution in [2.75, 3.05) is 0 Å². The van der Waals surface area contributed by atoms with Gasteiger partial charge < -0.3 is 0 Å². The van der Waals surface area contributed by atoms with Gasteiger partial charge in [0.2, 0.25) is 0 Å². The normalized spacial score (nSPS) is 11.6. The third-order valence-corrected chi connectivity index (χ3v) is 0.661. The van der Waals surface area contributed by atoms with E-state index in [1.54, 1.807) is 13.8 Å². The maximum atomic E-state index is 12.0. The lowest BCUT2D eigenvalue weighted by Crippen LogP contribution is -1.68. The van der Waals surface area contributed by atoms with E-state index in [1.807, 2.05) is 0 Å².